The zero-order valence-corrected chi connectivity index (χ0v) is 12.5. The summed E-state index contributed by atoms with van der Waals surface area (Å²) < 4.78 is 36.1. The molecule has 0 fully saturated rings. The van der Waals surface area contributed by atoms with Gasteiger partial charge < -0.3 is 15.2 Å². The van der Waals surface area contributed by atoms with E-state index in [1.165, 1.54) is 6.92 Å². The van der Waals surface area contributed by atoms with Crippen LogP contribution in [0.2, 0.25) is 0 Å². The average Bonchev–Trinajstić information content (AvgIpc) is 2.31. The van der Waals surface area contributed by atoms with Crippen molar-refractivity contribution in [3.63, 3.8) is 0 Å². The molecule has 0 aromatic rings. The topological polar surface area (TPSA) is 90.6 Å². The number of nitrogens with one attached hydrogen (secondary N) is 1. The van der Waals surface area contributed by atoms with Crippen molar-refractivity contribution < 1.29 is 27.8 Å². The monoisotopic (exact) mass is 306 g/mol. The zero-order chi connectivity index (χ0) is 16.7. The van der Waals surface area contributed by atoms with Crippen LogP contribution in [0.5, 0.6) is 0 Å². The Hall–Kier alpha value is -1.88. The van der Waals surface area contributed by atoms with E-state index in [0.29, 0.717) is 0 Å². The third-order valence-electron chi connectivity index (χ3n) is 2.01. The van der Waals surface area contributed by atoms with Gasteiger partial charge in [0.15, 0.2) is 0 Å². The van der Waals surface area contributed by atoms with Gasteiger partial charge in [0.25, 0.3) is 12.0 Å². The molecule has 0 radical (unpaired) electrons. The molecule has 0 heterocycles. The summed E-state index contributed by atoms with van der Waals surface area (Å²) in [5, 5.41) is 1.79. The van der Waals surface area contributed by atoms with Crippen LogP contribution in [0.4, 0.5) is 13.6 Å². The van der Waals surface area contributed by atoms with E-state index in [2.05, 4.69) is 10.7 Å². The molecule has 0 spiro atoms. The fourth-order valence-corrected chi connectivity index (χ4v) is 1.23. The molecule has 0 aliphatic carbocycles. The van der Waals surface area contributed by atoms with Crippen LogP contribution in [0.25, 0.3) is 0 Å². The van der Waals surface area contributed by atoms with Crippen LogP contribution in [0.3, 0.4) is 0 Å². The van der Waals surface area contributed by atoms with Crippen molar-refractivity contribution in [2.24, 2.45) is 5.73 Å². The van der Waals surface area contributed by atoms with Crippen molar-refractivity contribution >= 4 is 12.1 Å². The second-order valence-electron chi connectivity index (χ2n) is 4.96. The van der Waals surface area contributed by atoms with Gasteiger partial charge in [-0.1, -0.05) is 11.8 Å². The average molecular weight is 306 g/mol. The fraction of sp³-hybridized carbons (Fsp3) is 0.692. The first-order valence-electron chi connectivity index (χ1n) is 6.25. The predicted molar refractivity (Wildman–Crippen MR) is 71.6 cm³/mol. The second-order valence-corrected chi connectivity index (χ2v) is 4.96. The maximum Gasteiger partial charge on any atom is 0.409 e. The van der Waals surface area contributed by atoms with Gasteiger partial charge in [-0.2, -0.15) is 0 Å². The lowest BCUT2D eigenvalue weighted by Crippen LogP contribution is -2.60. The van der Waals surface area contributed by atoms with Gasteiger partial charge in [0.05, 0.1) is 13.2 Å². The van der Waals surface area contributed by atoms with Crippen molar-refractivity contribution in [1.82, 2.24) is 5.32 Å². The largest absolute Gasteiger partial charge is 0.463 e. The lowest BCUT2D eigenvalue weighted by molar-refractivity contribution is -0.154. The Morgan fingerprint density at radius 1 is 1.33 bits per heavy atom. The SMILES string of the molecule is CCOC(=O)C(C#CCN)(NC(=O)OC(C)(C)C)C(F)F. The van der Waals surface area contributed by atoms with Crippen LogP contribution in [0.15, 0.2) is 0 Å². The van der Waals surface area contributed by atoms with Crippen LogP contribution in [0, 0.1) is 11.8 Å². The Labute approximate surface area is 122 Å². The molecule has 0 saturated heterocycles. The Kier molecular flexibility index (Phi) is 7.09. The van der Waals surface area contributed by atoms with E-state index in [-0.39, 0.29) is 13.2 Å². The van der Waals surface area contributed by atoms with Crippen molar-refractivity contribution in [1.29, 1.82) is 0 Å². The summed E-state index contributed by atoms with van der Waals surface area (Å²) in [6.45, 7) is 5.68. The van der Waals surface area contributed by atoms with Gasteiger partial charge in [0.2, 0.25) is 0 Å². The van der Waals surface area contributed by atoms with E-state index in [0.717, 1.165) is 0 Å². The molecule has 0 aromatic carbocycles. The maximum atomic E-state index is 13.3. The molecule has 1 atom stereocenters. The van der Waals surface area contributed by atoms with Crippen LogP contribution in [-0.4, -0.2) is 42.8 Å². The number of halogens is 2. The lowest BCUT2D eigenvalue weighted by Gasteiger charge is -2.28. The quantitative estimate of drug-likeness (QED) is 0.598. The van der Waals surface area contributed by atoms with Gasteiger partial charge >= 0.3 is 12.1 Å². The molecule has 1 amide bonds. The van der Waals surface area contributed by atoms with E-state index in [4.69, 9.17) is 10.5 Å². The number of nitrogens with two attached hydrogens (primary N) is 1. The third kappa shape index (κ3) is 5.95. The van der Waals surface area contributed by atoms with Crippen molar-refractivity contribution in [3.8, 4) is 11.8 Å². The molecule has 0 aliphatic heterocycles. The summed E-state index contributed by atoms with van der Waals surface area (Å²) in [6, 6.07) is 0. The number of hydrogen-bond donors (Lipinski definition) is 2. The van der Waals surface area contributed by atoms with E-state index in [1.807, 2.05) is 5.92 Å². The highest BCUT2D eigenvalue weighted by Crippen LogP contribution is 2.19. The van der Waals surface area contributed by atoms with Gasteiger partial charge in [-0.3, -0.25) is 5.32 Å². The van der Waals surface area contributed by atoms with E-state index >= 15 is 0 Å². The first-order valence-corrected chi connectivity index (χ1v) is 6.25. The molecular weight excluding hydrogens is 286 g/mol. The zero-order valence-electron chi connectivity index (χ0n) is 12.5. The summed E-state index contributed by atoms with van der Waals surface area (Å²) in [5.41, 5.74) is 1.40. The molecule has 120 valence electrons. The molecule has 21 heavy (non-hydrogen) atoms. The molecule has 1 unspecified atom stereocenters. The summed E-state index contributed by atoms with van der Waals surface area (Å²) in [5.74, 6) is 2.76. The summed E-state index contributed by atoms with van der Waals surface area (Å²) >= 11 is 0. The van der Waals surface area contributed by atoms with Crippen LogP contribution >= 0.6 is 0 Å². The number of amides is 1. The number of carbonyl (C=O) groups excluding carboxylic acids is 2. The van der Waals surface area contributed by atoms with Crippen molar-refractivity contribution in [2.45, 2.75) is 45.3 Å². The molecular formula is C13H20F2N2O4. The minimum Gasteiger partial charge on any atom is -0.463 e. The summed E-state index contributed by atoms with van der Waals surface area (Å²) in [7, 11) is 0. The van der Waals surface area contributed by atoms with Crippen LogP contribution in [0.1, 0.15) is 27.7 Å². The second kappa shape index (κ2) is 7.78. The molecule has 3 N–H and O–H groups in total. The molecule has 0 bridgehead atoms. The minimum absolute atomic E-state index is 0.145. The van der Waals surface area contributed by atoms with Gasteiger partial charge in [0.1, 0.15) is 5.60 Å². The van der Waals surface area contributed by atoms with E-state index < -0.39 is 29.6 Å². The van der Waals surface area contributed by atoms with Gasteiger partial charge in [0, 0.05) is 0 Å². The Bertz CT molecular complexity index is 438. The first kappa shape index (κ1) is 19.1. The summed E-state index contributed by atoms with van der Waals surface area (Å²) in [6.07, 6.45) is -4.52. The first-order chi connectivity index (χ1) is 9.59. The van der Waals surface area contributed by atoms with Crippen molar-refractivity contribution in [3.05, 3.63) is 0 Å². The normalized spacial score (nSPS) is 13.7. The molecule has 6 nitrogen and oxygen atoms in total. The van der Waals surface area contributed by atoms with Crippen LogP contribution in [-0.2, 0) is 14.3 Å². The standard InChI is InChI=1S/C13H20F2N2O4/c1-5-20-10(18)13(9(14)15,7-6-8-16)17-11(19)21-12(2,3)4/h9H,5,8,16H2,1-4H3,(H,17,19). The number of carbonyl (C=O) groups is 2. The number of alkyl halides is 2. The molecule has 0 aromatic heterocycles. The molecule has 0 rings (SSSR count). The van der Waals surface area contributed by atoms with Gasteiger partial charge in [-0.05, 0) is 27.7 Å². The van der Waals surface area contributed by atoms with Crippen LogP contribution < -0.4 is 11.1 Å². The molecule has 8 heteroatoms. The Morgan fingerprint density at radius 3 is 2.29 bits per heavy atom. The number of hydrogen-bond acceptors (Lipinski definition) is 5. The molecule has 0 saturated carbocycles. The highest BCUT2D eigenvalue weighted by Gasteiger charge is 2.50. The minimum atomic E-state index is -3.32. The number of alkyl carbamates (subject to hydrolysis) is 1. The number of esters is 1. The van der Waals surface area contributed by atoms with E-state index in [1.54, 1.807) is 26.1 Å². The van der Waals surface area contributed by atoms with Gasteiger partial charge in [-0.25, -0.2) is 18.4 Å². The highest BCUT2D eigenvalue weighted by molar-refractivity contribution is 5.90. The lowest BCUT2D eigenvalue weighted by atomic mass is 10.0. The smallest absolute Gasteiger partial charge is 0.409 e. The highest BCUT2D eigenvalue weighted by atomic mass is 19.3. The number of ether oxygens (including phenoxy) is 2. The summed E-state index contributed by atoms with van der Waals surface area (Å²) in [4.78, 5) is 23.5. The van der Waals surface area contributed by atoms with Gasteiger partial charge in [-0.15, -0.1) is 0 Å². The van der Waals surface area contributed by atoms with E-state index in [9.17, 15) is 18.4 Å². The van der Waals surface area contributed by atoms with Crippen molar-refractivity contribution in [2.75, 3.05) is 13.2 Å². The molecule has 0 aliphatic rings. The predicted octanol–water partition coefficient (Wildman–Crippen LogP) is 1.04. The Balaban J connectivity index is 5.47. The fourth-order valence-electron chi connectivity index (χ4n) is 1.23. The third-order valence-corrected chi connectivity index (χ3v) is 2.01. The Morgan fingerprint density at radius 2 is 1.90 bits per heavy atom. The maximum absolute atomic E-state index is 13.3. The number of rotatable bonds is 4.